The number of nitrogens with one attached hydrogen (secondary N) is 1. The standard InChI is InChI=1S/C22H18BrClN2O3/c23-18-7-3-5-16(11-18)14-29-21-10-2-1-6-17(21)13-25-26-22(27)15-28-20-9-4-8-19(24)12-20/h1-13H,14-15H2,(H,26,27). The molecule has 0 aliphatic rings. The molecule has 3 aromatic rings. The molecule has 1 amide bonds. The minimum Gasteiger partial charge on any atom is -0.488 e. The molecule has 3 rings (SSSR count). The molecule has 0 atom stereocenters. The van der Waals surface area contributed by atoms with E-state index in [2.05, 4.69) is 26.5 Å². The fourth-order valence-electron chi connectivity index (χ4n) is 2.42. The number of para-hydroxylation sites is 1. The number of carbonyl (C=O) groups excluding carboxylic acids is 1. The molecule has 0 aromatic heterocycles. The zero-order chi connectivity index (χ0) is 20.5. The Morgan fingerprint density at radius 2 is 1.86 bits per heavy atom. The van der Waals surface area contributed by atoms with E-state index in [9.17, 15) is 4.79 Å². The molecule has 0 radical (unpaired) electrons. The summed E-state index contributed by atoms with van der Waals surface area (Å²) in [6.07, 6.45) is 1.54. The summed E-state index contributed by atoms with van der Waals surface area (Å²) in [6.45, 7) is 0.253. The number of rotatable bonds is 8. The molecule has 0 fully saturated rings. The molecule has 0 bridgehead atoms. The number of halogens is 2. The quantitative estimate of drug-likeness (QED) is 0.361. The third-order valence-electron chi connectivity index (χ3n) is 3.76. The van der Waals surface area contributed by atoms with Crippen molar-refractivity contribution in [1.82, 2.24) is 5.43 Å². The van der Waals surface area contributed by atoms with Gasteiger partial charge in [-0.25, -0.2) is 5.43 Å². The Morgan fingerprint density at radius 3 is 2.69 bits per heavy atom. The number of ether oxygens (including phenoxy) is 2. The third kappa shape index (κ3) is 6.93. The minimum absolute atomic E-state index is 0.168. The van der Waals surface area contributed by atoms with Crippen LogP contribution in [0.3, 0.4) is 0 Å². The number of hydrogen-bond acceptors (Lipinski definition) is 4. The van der Waals surface area contributed by atoms with E-state index in [1.54, 1.807) is 24.3 Å². The van der Waals surface area contributed by atoms with E-state index in [1.165, 1.54) is 6.21 Å². The third-order valence-corrected chi connectivity index (χ3v) is 4.49. The van der Waals surface area contributed by atoms with Crippen LogP contribution >= 0.6 is 27.5 Å². The zero-order valence-electron chi connectivity index (χ0n) is 15.3. The second-order valence-electron chi connectivity index (χ2n) is 6.00. The van der Waals surface area contributed by atoms with Gasteiger partial charge in [-0.3, -0.25) is 4.79 Å². The van der Waals surface area contributed by atoms with Gasteiger partial charge in [0.15, 0.2) is 6.61 Å². The maximum atomic E-state index is 11.9. The van der Waals surface area contributed by atoms with Gasteiger partial charge in [-0.1, -0.05) is 57.9 Å². The van der Waals surface area contributed by atoms with E-state index in [-0.39, 0.29) is 12.5 Å². The Hall–Kier alpha value is -2.83. The van der Waals surface area contributed by atoms with Gasteiger partial charge in [0, 0.05) is 15.1 Å². The van der Waals surface area contributed by atoms with Crippen LogP contribution in [-0.2, 0) is 11.4 Å². The molecule has 0 aliphatic heterocycles. The summed E-state index contributed by atoms with van der Waals surface area (Å²) in [5, 5.41) is 4.53. The molecule has 0 saturated carbocycles. The first-order valence-corrected chi connectivity index (χ1v) is 9.94. The van der Waals surface area contributed by atoms with Crippen molar-refractivity contribution < 1.29 is 14.3 Å². The van der Waals surface area contributed by atoms with E-state index in [0.717, 1.165) is 15.6 Å². The van der Waals surface area contributed by atoms with Gasteiger partial charge in [-0.05, 0) is 48.0 Å². The van der Waals surface area contributed by atoms with Crippen molar-refractivity contribution in [2.45, 2.75) is 6.61 Å². The first kappa shape index (κ1) is 20.9. The summed E-state index contributed by atoms with van der Waals surface area (Å²) in [7, 11) is 0. The van der Waals surface area contributed by atoms with Gasteiger partial charge in [-0.15, -0.1) is 0 Å². The lowest BCUT2D eigenvalue weighted by atomic mass is 10.2. The van der Waals surface area contributed by atoms with E-state index in [0.29, 0.717) is 23.1 Å². The van der Waals surface area contributed by atoms with Crippen LogP contribution in [0.5, 0.6) is 11.5 Å². The Bertz CT molecular complexity index is 1010. The fourth-order valence-corrected chi connectivity index (χ4v) is 3.05. The number of hydrazone groups is 1. The number of benzene rings is 3. The van der Waals surface area contributed by atoms with Gasteiger partial charge in [0.25, 0.3) is 5.91 Å². The topological polar surface area (TPSA) is 59.9 Å². The number of hydrogen-bond donors (Lipinski definition) is 1. The largest absolute Gasteiger partial charge is 0.488 e. The zero-order valence-corrected chi connectivity index (χ0v) is 17.7. The van der Waals surface area contributed by atoms with Crippen molar-refractivity contribution in [2.24, 2.45) is 5.10 Å². The maximum absolute atomic E-state index is 11.9. The highest BCUT2D eigenvalue weighted by molar-refractivity contribution is 9.10. The number of carbonyl (C=O) groups is 1. The van der Waals surface area contributed by atoms with Crippen molar-refractivity contribution in [1.29, 1.82) is 0 Å². The molecule has 0 spiro atoms. The summed E-state index contributed by atoms with van der Waals surface area (Å²) in [5.74, 6) is 0.803. The van der Waals surface area contributed by atoms with Crippen LogP contribution in [0.25, 0.3) is 0 Å². The highest BCUT2D eigenvalue weighted by atomic mass is 79.9. The van der Waals surface area contributed by atoms with Gasteiger partial charge in [0.1, 0.15) is 18.1 Å². The fraction of sp³-hybridized carbons (Fsp3) is 0.0909. The molecule has 0 aliphatic carbocycles. The van der Waals surface area contributed by atoms with Crippen LogP contribution in [0, 0.1) is 0 Å². The van der Waals surface area contributed by atoms with E-state index in [1.807, 2.05) is 48.5 Å². The average Bonchev–Trinajstić information content (AvgIpc) is 2.72. The average molecular weight is 474 g/mol. The molecule has 0 heterocycles. The predicted molar refractivity (Wildman–Crippen MR) is 118 cm³/mol. The van der Waals surface area contributed by atoms with Gasteiger partial charge in [0.2, 0.25) is 0 Å². The molecule has 5 nitrogen and oxygen atoms in total. The lowest BCUT2D eigenvalue weighted by Gasteiger charge is -2.09. The van der Waals surface area contributed by atoms with Gasteiger partial charge in [-0.2, -0.15) is 5.10 Å². The summed E-state index contributed by atoms with van der Waals surface area (Å²) >= 11 is 9.33. The number of amides is 1. The Kier molecular flexibility index (Phi) is 7.67. The van der Waals surface area contributed by atoms with Crippen LogP contribution in [0.1, 0.15) is 11.1 Å². The van der Waals surface area contributed by atoms with Crippen molar-refractivity contribution in [3.63, 3.8) is 0 Å². The smallest absolute Gasteiger partial charge is 0.277 e. The highest BCUT2D eigenvalue weighted by Crippen LogP contribution is 2.19. The first-order valence-electron chi connectivity index (χ1n) is 8.77. The Morgan fingerprint density at radius 1 is 1.03 bits per heavy atom. The molecular weight excluding hydrogens is 456 g/mol. The molecular formula is C22H18BrClN2O3. The monoisotopic (exact) mass is 472 g/mol. The van der Waals surface area contributed by atoms with Crippen molar-refractivity contribution in [2.75, 3.05) is 6.61 Å². The lowest BCUT2D eigenvalue weighted by Crippen LogP contribution is -2.24. The SMILES string of the molecule is O=C(COc1cccc(Cl)c1)NN=Cc1ccccc1OCc1cccc(Br)c1. The maximum Gasteiger partial charge on any atom is 0.277 e. The second kappa shape index (κ2) is 10.6. The molecule has 0 unspecified atom stereocenters. The first-order chi connectivity index (χ1) is 14.1. The summed E-state index contributed by atoms with van der Waals surface area (Å²) < 4.78 is 12.3. The summed E-state index contributed by atoms with van der Waals surface area (Å²) in [5.41, 5.74) is 4.22. The van der Waals surface area contributed by atoms with Crippen LogP contribution in [0.2, 0.25) is 5.02 Å². The van der Waals surface area contributed by atoms with Crippen LogP contribution in [0.15, 0.2) is 82.4 Å². The van der Waals surface area contributed by atoms with Crippen LogP contribution in [0.4, 0.5) is 0 Å². The van der Waals surface area contributed by atoms with Crippen LogP contribution < -0.4 is 14.9 Å². The van der Waals surface area contributed by atoms with E-state index >= 15 is 0 Å². The van der Waals surface area contributed by atoms with E-state index < -0.39 is 0 Å². The molecule has 7 heteroatoms. The predicted octanol–water partition coefficient (Wildman–Crippen LogP) is 5.21. The Labute approximate surface area is 182 Å². The molecule has 148 valence electrons. The van der Waals surface area contributed by atoms with Crippen molar-refractivity contribution >= 4 is 39.7 Å². The van der Waals surface area contributed by atoms with E-state index in [4.69, 9.17) is 21.1 Å². The normalized spacial score (nSPS) is 10.7. The van der Waals surface area contributed by atoms with Gasteiger partial charge < -0.3 is 9.47 Å². The van der Waals surface area contributed by atoms with Gasteiger partial charge >= 0.3 is 0 Å². The van der Waals surface area contributed by atoms with Gasteiger partial charge in [0.05, 0.1) is 6.21 Å². The Balaban J connectivity index is 1.53. The molecule has 1 N–H and O–H groups in total. The highest BCUT2D eigenvalue weighted by Gasteiger charge is 2.04. The minimum atomic E-state index is -0.381. The number of nitrogens with zero attached hydrogens (tertiary/aromatic N) is 1. The molecule has 0 saturated heterocycles. The van der Waals surface area contributed by atoms with Crippen LogP contribution in [-0.4, -0.2) is 18.7 Å². The summed E-state index contributed by atoms with van der Waals surface area (Å²) in [6, 6.07) is 22.2. The summed E-state index contributed by atoms with van der Waals surface area (Å²) in [4.78, 5) is 11.9. The molecule has 29 heavy (non-hydrogen) atoms. The lowest BCUT2D eigenvalue weighted by molar-refractivity contribution is -0.123. The van der Waals surface area contributed by atoms with Crippen molar-refractivity contribution in [3.8, 4) is 11.5 Å². The molecule has 3 aromatic carbocycles. The van der Waals surface area contributed by atoms with Crippen molar-refractivity contribution in [3.05, 3.63) is 93.4 Å². The second-order valence-corrected chi connectivity index (χ2v) is 7.35.